The van der Waals surface area contributed by atoms with Crippen LogP contribution >= 0.6 is 0 Å². The van der Waals surface area contributed by atoms with E-state index in [2.05, 4.69) is 58.9 Å². The van der Waals surface area contributed by atoms with Crippen molar-refractivity contribution >= 4 is 5.78 Å². The maximum Gasteiger partial charge on any atom is 0.137 e. The maximum absolute atomic E-state index is 13.2. The van der Waals surface area contributed by atoms with Crippen molar-refractivity contribution in [2.75, 3.05) is 0 Å². The highest BCUT2D eigenvalue weighted by molar-refractivity contribution is 5.83. The Bertz CT molecular complexity index is 672. The summed E-state index contributed by atoms with van der Waals surface area (Å²) < 4.78 is 0. The molecule has 8 unspecified atom stereocenters. The Balaban J connectivity index is 1.50. The third-order valence-corrected chi connectivity index (χ3v) is 10.3. The van der Waals surface area contributed by atoms with Crippen molar-refractivity contribution in [1.82, 2.24) is 0 Å². The molecule has 0 N–H and O–H groups in total. The van der Waals surface area contributed by atoms with E-state index in [9.17, 15) is 4.79 Å². The standard InChI is InChI=1S/C28H44O/c1-6-20(19(2)3)10-9-11-21-13-14-23-22-18-26(29)25-12-7-8-16-28(25,5)24(22)15-17-27(21,23)4/h7-10,19-25H,6,11-18H2,1-5H3/b10-9+. The number of carbonyl (C=O) groups excluding carboxylic acids is 1. The minimum Gasteiger partial charge on any atom is -0.299 e. The number of rotatable bonds is 5. The van der Waals surface area contributed by atoms with Crippen molar-refractivity contribution in [2.45, 2.75) is 92.4 Å². The topological polar surface area (TPSA) is 17.1 Å². The summed E-state index contributed by atoms with van der Waals surface area (Å²) in [5.74, 6) is 5.39. The van der Waals surface area contributed by atoms with Crippen molar-refractivity contribution in [1.29, 1.82) is 0 Å². The highest BCUT2D eigenvalue weighted by Crippen LogP contribution is 2.66. The number of hydrogen-bond donors (Lipinski definition) is 0. The molecule has 0 aromatic carbocycles. The fraction of sp³-hybridized carbons (Fsp3) is 0.821. The molecular weight excluding hydrogens is 352 g/mol. The van der Waals surface area contributed by atoms with E-state index in [-0.39, 0.29) is 5.41 Å². The first-order valence-corrected chi connectivity index (χ1v) is 12.7. The Hall–Kier alpha value is -0.850. The van der Waals surface area contributed by atoms with Gasteiger partial charge in [0, 0.05) is 12.3 Å². The lowest BCUT2D eigenvalue weighted by Crippen LogP contribution is -2.55. The van der Waals surface area contributed by atoms with Crippen LogP contribution in [0.4, 0.5) is 0 Å². The summed E-state index contributed by atoms with van der Waals surface area (Å²) in [5, 5.41) is 0. The van der Waals surface area contributed by atoms with Crippen LogP contribution in [-0.2, 0) is 4.79 Å². The lowest BCUT2D eigenvalue weighted by atomic mass is 9.45. The number of fused-ring (bicyclic) bond motifs is 5. The molecule has 0 amide bonds. The smallest absolute Gasteiger partial charge is 0.137 e. The summed E-state index contributed by atoms with van der Waals surface area (Å²) in [6.07, 6.45) is 20.7. The molecule has 1 heteroatoms. The van der Waals surface area contributed by atoms with Gasteiger partial charge in [-0.1, -0.05) is 58.9 Å². The molecule has 1 nitrogen and oxygen atoms in total. The molecule has 8 atom stereocenters. The zero-order valence-corrected chi connectivity index (χ0v) is 19.6. The Morgan fingerprint density at radius 1 is 1.10 bits per heavy atom. The van der Waals surface area contributed by atoms with Gasteiger partial charge in [0.05, 0.1) is 0 Å². The first-order chi connectivity index (χ1) is 13.8. The van der Waals surface area contributed by atoms with E-state index in [1.165, 1.54) is 38.5 Å². The van der Waals surface area contributed by atoms with E-state index >= 15 is 0 Å². The van der Waals surface area contributed by atoms with Crippen LogP contribution in [0.2, 0.25) is 0 Å². The molecule has 0 radical (unpaired) electrons. The molecule has 3 fully saturated rings. The van der Waals surface area contributed by atoms with E-state index in [1.54, 1.807) is 0 Å². The predicted molar refractivity (Wildman–Crippen MR) is 123 cm³/mol. The van der Waals surface area contributed by atoms with Crippen LogP contribution < -0.4 is 0 Å². The quantitative estimate of drug-likeness (QED) is 0.437. The third-order valence-electron chi connectivity index (χ3n) is 10.3. The van der Waals surface area contributed by atoms with Crippen molar-refractivity contribution in [3.63, 3.8) is 0 Å². The molecule has 0 saturated heterocycles. The number of Topliss-reactive ketones (excluding diaryl/α,β-unsaturated/α-hetero) is 1. The van der Waals surface area contributed by atoms with Crippen molar-refractivity contribution < 1.29 is 4.79 Å². The monoisotopic (exact) mass is 396 g/mol. The Morgan fingerprint density at radius 2 is 1.86 bits per heavy atom. The normalized spacial score (nSPS) is 45.3. The summed E-state index contributed by atoms with van der Waals surface area (Å²) in [6.45, 7) is 12.1. The molecule has 162 valence electrons. The summed E-state index contributed by atoms with van der Waals surface area (Å²) in [7, 11) is 0. The van der Waals surface area contributed by atoms with Crippen molar-refractivity contribution in [3.05, 3.63) is 24.3 Å². The van der Waals surface area contributed by atoms with Gasteiger partial charge < -0.3 is 0 Å². The van der Waals surface area contributed by atoms with Gasteiger partial charge in [-0.05, 0) is 97.7 Å². The number of ketones is 1. The van der Waals surface area contributed by atoms with Gasteiger partial charge in [0.25, 0.3) is 0 Å². The first kappa shape index (κ1) is 21.4. The molecule has 29 heavy (non-hydrogen) atoms. The van der Waals surface area contributed by atoms with Crippen LogP contribution in [0.25, 0.3) is 0 Å². The fourth-order valence-corrected chi connectivity index (χ4v) is 8.40. The van der Waals surface area contributed by atoms with Gasteiger partial charge in [-0.2, -0.15) is 0 Å². The molecule has 0 aliphatic heterocycles. The molecule has 0 heterocycles. The van der Waals surface area contributed by atoms with E-state index < -0.39 is 0 Å². The zero-order chi connectivity index (χ0) is 20.8. The minimum atomic E-state index is 0.236. The number of carbonyl (C=O) groups is 1. The second-order valence-corrected chi connectivity index (χ2v) is 11.8. The molecule has 4 aliphatic rings. The highest BCUT2D eigenvalue weighted by atomic mass is 16.1. The van der Waals surface area contributed by atoms with E-state index in [0.29, 0.717) is 23.0 Å². The first-order valence-electron chi connectivity index (χ1n) is 12.7. The summed E-state index contributed by atoms with van der Waals surface area (Å²) in [5.41, 5.74) is 0.693. The van der Waals surface area contributed by atoms with E-state index in [4.69, 9.17) is 0 Å². The Kier molecular flexibility index (Phi) is 5.91. The molecule has 0 aromatic rings. The van der Waals surface area contributed by atoms with E-state index in [0.717, 1.165) is 48.9 Å². The van der Waals surface area contributed by atoms with Gasteiger partial charge >= 0.3 is 0 Å². The van der Waals surface area contributed by atoms with Gasteiger partial charge in [-0.3, -0.25) is 4.79 Å². The SMILES string of the molecule is CCC(/C=C/CC1CCC2C3CC(=O)C4CC=CCC4(C)C3CCC12C)C(C)C. The van der Waals surface area contributed by atoms with Crippen LogP contribution in [0.15, 0.2) is 24.3 Å². The Morgan fingerprint density at radius 3 is 2.59 bits per heavy atom. The maximum atomic E-state index is 13.2. The average Bonchev–Trinajstić information content (AvgIpc) is 3.01. The second-order valence-electron chi connectivity index (χ2n) is 11.8. The molecule has 4 rings (SSSR count). The van der Waals surface area contributed by atoms with Crippen molar-refractivity contribution in [2.24, 2.45) is 52.3 Å². The lowest BCUT2D eigenvalue weighted by Gasteiger charge is -2.59. The zero-order valence-electron chi connectivity index (χ0n) is 19.6. The van der Waals surface area contributed by atoms with Gasteiger partial charge in [-0.25, -0.2) is 0 Å². The molecule has 0 aromatic heterocycles. The van der Waals surface area contributed by atoms with Gasteiger partial charge in [0.2, 0.25) is 0 Å². The molecule has 0 bridgehead atoms. The second kappa shape index (κ2) is 8.01. The predicted octanol–water partition coefficient (Wildman–Crippen LogP) is 7.62. The van der Waals surface area contributed by atoms with E-state index in [1.807, 2.05) is 0 Å². The molecule has 0 spiro atoms. The average molecular weight is 397 g/mol. The summed E-state index contributed by atoms with van der Waals surface area (Å²) >= 11 is 0. The van der Waals surface area contributed by atoms with Crippen LogP contribution in [0, 0.1) is 52.3 Å². The van der Waals surface area contributed by atoms with Crippen LogP contribution in [0.5, 0.6) is 0 Å². The van der Waals surface area contributed by atoms with Gasteiger partial charge in [-0.15, -0.1) is 0 Å². The molecule has 4 aliphatic carbocycles. The van der Waals surface area contributed by atoms with Gasteiger partial charge in [0.1, 0.15) is 5.78 Å². The Labute approximate surface area is 179 Å². The fourth-order valence-electron chi connectivity index (χ4n) is 8.40. The van der Waals surface area contributed by atoms with Crippen LogP contribution in [-0.4, -0.2) is 5.78 Å². The summed E-state index contributed by atoms with van der Waals surface area (Å²) in [4.78, 5) is 13.2. The molecule has 3 saturated carbocycles. The number of allylic oxidation sites excluding steroid dienone is 4. The lowest BCUT2D eigenvalue weighted by molar-refractivity contribution is -0.148. The third kappa shape index (κ3) is 3.49. The minimum absolute atomic E-state index is 0.236. The largest absolute Gasteiger partial charge is 0.299 e. The summed E-state index contributed by atoms with van der Waals surface area (Å²) in [6, 6.07) is 0. The van der Waals surface area contributed by atoms with Crippen molar-refractivity contribution in [3.8, 4) is 0 Å². The van der Waals surface area contributed by atoms with Crippen LogP contribution in [0.1, 0.15) is 92.4 Å². The molecular formula is C28H44O. The number of hydrogen-bond acceptors (Lipinski definition) is 1. The van der Waals surface area contributed by atoms with Gasteiger partial charge in [0.15, 0.2) is 0 Å². The highest BCUT2D eigenvalue weighted by Gasteiger charge is 2.60. The van der Waals surface area contributed by atoms with Crippen LogP contribution in [0.3, 0.4) is 0 Å².